The minimum Gasteiger partial charge on any atom is -0.387 e. The maximum Gasteiger partial charge on any atom is 0.250 e. The molecule has 3 aliphatic rings. The van der Waals surface area contributed by atoms with Crippen LogP contribution in [0.25, 0.3) is 6.08 Å². The number of rotatable bonds is 5. The number of amides is 1. The fraction of sp³-hybridized carbons (Fsp3) is 0.290. The number of nitrogens with one attached hydrogen (secondary N) is 1. The predicted octanol–water partition coefficient (Wildman–Crippen LogP) is 4.49. The molecule has 0 radical (unpaired) electrons. The summed E-state index contributed by atoms with van der Waals surface area (Å²) in [4.78, 5) is 31.4. The Morgan fingerprint density at radius 1 is 1.07 bits per heavy atom. The van der Waals surface area contributed by atoms with Gasteiger partial charge >= 0.3 is 0 Å². The van der Waals surface area contributed by atoms with E-state index in [0.717, 1.165) is 5.56 Å². The Bertz CT molecular complexity index is 1640. The van der Waals surface area contributed by atoms with Crippen molar-refractivity contribution >= 4 is 42.3 Å². The van der Waals surface area contributed by atoms with Gasteiger partial charge in [0, 0.05) is 47.4 Å². The molecule has 3 heterocycles. The molecular formula is C31H30ClFN3O5P. The number of hydrogen-bond acceptors (Lipinski definition) is 6. The standard InChI is InChI=1S/C31H30ClFN3O5P/c1-35-16-26(21-7-10-24(33)11-8-21)30(31(35)25-14-23(32)9-12-27(25)34-29(31)40)17-36(42(41,18-37)19-38)15-22(28(30)39)13-20-5-3-2-4-6-20/h2-14,26,37-38H,15-19H2,1H3,(H,34,40)/b22-13+/t26-,30+,31+/m0/s1. The first-order chi connectivity index (χ1) is 20.1. The second-order valence-corrected chi connectivity index (χ2v) is 14.4. The van der Waals surface area contributed by atoms with Crippen molar-refractivity contribution in [1.82, 2.24) is 9.57 Å². The van der Waals surface area contributed by atoms with Crippen LogP contribution in [-0.2, 0) is 19.7 Å². The molecule has 2 saturated heterocycles. The van der Waals surface area contributed by atoms with Gasteiger partial charge in [-0.15, -0.1) is 0 Å². The lowest BCUT2D eigenvalue weighted by Gasteiger charge is -2.52. The third-order valence-electron chi connectivity index (χ3n) is 9.07. The van der Waals surface area contributed by atoms with Gasteiger partial charge in [0.2, 0.25) is 0 Å². The van der Waals surface area contributed by atoms with Gasteiger partial charge in [-0.05, 0) is 54.6 Å². The number of hydrogen-bond donors (Lipinski definition) is 3. The molecule has 0 aromatic heterocycles. The molecule has 0 unspecified atom stereocenters. The van der Waals surface area contributed by atoms with E-state index >= 15 is 4.79 Å². The SMILES string of the molecule is CN1C[C@@H](c2ccc(F)cc2)[C@@]2(CN(P(=O)(CO)CO)C/C(=C\c3ccccc3)C2=O)[C@@]12C(=O)Nc1ccc(Cl)cc12. The summed E-state index contributed by atoms with van der Waals surface area (Å²) in [5.74, 6) is -1.88. The first kappa shape index (κ1) is 28.9. The number of nitrogens with zero attached hydrogens (tertiary/aromatic N) is 2. The van der Waals surface area contributed by atoms with E-state index in [1.54, 1.807) is 43.5 Å². The van der Waals surface area contributed by atoms with Gasteiger partial charge in [0.15, 0.2) is 13.1 Å². The van der Waals surface area contributed by atoms with E-state index in [1.807, 2.05) is 35.2 Å². The number of piperidine rings is 1. The minimum atomic E-state index is -3.80. The van der Waals surface area contributed by atoms with E-state index in [2.05, 4.69) is 5.32 Å². The number of carbonyl (C=O) groups is 2. The Kier molecular flexibility index (Phi) is 7.25. The molecule has 8 nitrogen and oxygen atoms in total. The highest BCUT2D eigenvalue weighted by Crippen LogP contribution is 2.66. The van der Waals surface area contributed by atoms with Crippen molar-refractivity contribution in [2.24, 2.45) is 5.41 Å². The maximum absolute atomic E-state index is 15.2. The number of benzene rings is 3. The summed E-state index contributed by atoms with van der Waals surface area (Å²) in [6.07, 6.45) is 0.0743. The van der Waals surface area contributed by atoms with Crippen molar-refractivity contribution < 1.29 is 28.8 Å². The third-order valence-corrected chi connectivity index (χ3v) is 11.5. The Hall–Kier alpha value is -3.17. The number of fused-ring (bicyclic) bond motifs is 3. The molecule has 3 atom stereocenters. The molecule has 0 aliphatic carbocycles. The molecule has 2 fully saturated rings. The van der Waals surface area contributed by atoms with Gasteiger partial charge < -0.3 is 20.1 Å². The average Bonchev–Trinajstić information content (AvgIpc) is 3.43. The van der Waals surface area contributed by atoms with Gasteiger partial charge in [0.05, 0.1) is 5.41 Å². The van der Waals surface area contributed by atoms with Gasteiger partial charge in [0.25, 0.3) is 5.91 Å². The number of aliphatic hydroxyl groups excluding tert-OH is 2. The number of carbonyl (C=O) groups excluding carboxylic acids is 2. The number of Topliss-reactive ketones (excluding diaryl/α,β-unsaturated/α-hetero) is 1. The second-order valence-electron chi connectivity index (χ2n) is 11.2. The van der Waals surface area contributed by atoms with Crippen LogP contribution in [0, 0.1) is 11.2 Å². The van der Waals surface area contributed by atoms with Crippen LogP contribution >= 0.6 is 18.9 Å². The highest BCUT2D eigenvalue weighted by Gasteiger charge is 2.75. The van der Waals surface area contributed by atoms with Crippen LogP contribution in [-0.4, -0.2) is 70.9 Å². The zero-order valence-electron chi connectivity index (χ0n) is 22.8. The Labute approximate surface area is 247 Å². The van der Waals surface area contributed by atoms with E-state index in [4.69, 9.17) is 11.6 Å². The molecule has 2 spiro atoms. The summed E-state index contributed by atoms with van der Waals surface area (Å²) in [7, 11) is -2.05. The van der Waals surface area contributed by atoms with E-state index < -0.39 is 48.6 Å². The normalized spacial score (nSPS) is 27.3. The van der Waals surface area contributed by atoms with Gasteiger partial charge in [-0.25, -0.2) is 9.06 Å². The van der Waals surface area contributed by atoms with Gasteiger partial charge in [-0.3, -0.25) is 14.5 Å². The summed E-state index contributed by atoms with van der Waals surface area (Å²) in [6.45, 7) is -0.0816. The largest absolute Gasteiger partial charge is 0.387 e. The van der Waals surface area contributed by atoms with Crippen molar-refractivity contribution in [3.63, 3.8) is 0 Å². The number of likely N-dealkylation sites (N-methyl/N-ethyl adjacent to an activating group) is 1. The number of aliphatic hydroxyl groups is 2. The van der Waals surface area contributed by atoms with Crippen molar-refractivity contribution in [3.05, 3.63) is 106 Å². The van der Waals surface area contributed by atoms with Crippen LogP contribution < -0.4 is 5.32 Å². The second kappa shape index (κ2) is 10.5. The first-order valence-corrected chi connectivity index (χ1v) is 16.0. The Morgan fingerprint density at radius 2 is 1.76 bits per heavy atom. The fourth-order valence-corrected chi connectivity index (χ4v) is 8.70. The number of anilines is 1. The smallest absolute Gasteiger partial charge is 0.250 e. The molecule has 42 heavy (non-hydrogen) atoms. The molecule has 11 heteroatoms. The molecule has 218 valence electrons. The lowest BCUT2D eigenvalue weighted by Crippen LogP contribution is -2.65. The zero-order valence-corrected chi connectivity index (χ0v) is 24.5. The molecule has 3 N–H and O–H groups in total. The van der Waals surface area contributed by atoms with E-state index in [0.29, 0.717) is 21.8 Å². The summed E-state index contributed by atoms with van der Waals surface area (Å²) < 4.78 is 29.6. The Balaban J connectivity index is 1.69. The molecule has 3 aliphatic heterocycles. The van der Waals surface area contributed by atoms with Gasteiger partial charge in [-0.2, -0.15) is 0 Å². The van der Waals surface area contributed by atoms with Gasteiger partial charge in [-0.1, -0.05) is 54.1 Å². The molecule has 0 bridgehead atoms. The molecule has 0 saturated carbocycles. The minimum absolute atomic E-state index is 0.103. The van der Waals surface area contributed by atoms with E-state index in [9.17, 15) is 24.0 Å². The molecule has 3 aromatic rings. The Morgan fingerprint density at radius 3 is 2.43 bits per heavy atom. The summed E-state index contributed by atoms with van der Waals surface area (Å²) in [5, 5.41) is 23.8. The zero-order chi connectivity index (χ0) is 29.9. The fourth-order valence-electron chi connectivity index (χ4n) is 7.19. The number of halogens is 2. The number of ketones is 1. The molecule has 6 rings (SSSR count). The highest BCUT2D eigenvalue weighted by atomic mass is 35.5. The average molecular weight is 610 g/mol. The maximum atomic E-state index is 15.2. The van der Waals surface area contributed by atoms with Crippen LogP contribution in [0.1, 0.15) is 22.6 Å². The topological polar surface area (TPSA) is 110 Å². The van der Waals surface area contributed by atoms with Crippen molar-refractivity contribution in [1.29, 1.82) is 0 Å². The molecule has 3 aromatic carbocycles. The predicted molar refractivity (Wildman–Crippen MR) is 159 cm³/mol. The van der Waals surface area contributed by atoms with Crippen molar-refractivity contribution in [2.75, 3.05) is 44.7 Å². The lowest BCUT2D eigenvalue weighted by atomic mass is 9.56. The van der Waals surface area contributed by atoms with Crippen molar-refractivity contribution in [2.45, 2.75) is 11.5 Å². The van der Waals surface area contributed by atoms with E-state index in [-0.39, 0.29) is 31.0 Å². The lowest BCUT2D eigenvalue weighted by molar-refractivity contribution is -0.145. The van der Waals surface area contributed by atoms with Crippen molar-refractivity contribution in [3.8, 4) is 0 Å². The van der Waals surface area contributed by atoms with Crippen LogP contribution in [0.4, 0.5) is 10.1 Å². The summed E-state index contributed by atoms with van der Waals surface area (Å²) in [6, 6.07) is 20.0. The van der Waals surface area contributed by atoms with E-state index in [1.165, 1.54) is 16.8 Å². The third kappa shape index (κ3) is 4.07. The van der Waals surface area contributed by atoms with Crippen LogP contribution in [0.2, 0.25) is 5.02 Å². The molecular weight excluding hydrogens is 580 g/mol. The summed E-state index contributed by atoms with van der Waals surface area (Å²) >= 11 is 6.48. The monoisotopic (exact) mass is 609 g/mol. The van der Waals surface area contributed by atoms with Crippen LogP contribution in [0.3, 0.4) is 0 Å². The quantitative estimate of drug-likeness (QED) is 0.289. The number of likely N-dealkylation sites (tertiary alicyclic amines) is 1. The molecule has 1 amide bonds. The highest BCUT2D eigenvalue weighted by molar-refractivity contribution is 7.61. The first-order valence-electron chi connectivity index (χ1n) is 13.5. The van der Waals surface area contributed by atoms with Crippen LogP contribution in [0.15, 0.2) is 78.4 Å². The van der Waals surface area contributed by atoms with Gasteiger partial charge in [0.1, 0.15) is 24.1 Å². The van der Waals surface area contributed by atoms with Crippen LogP contribution in [0.5, 0.6) is 0 Å². The summed E-state index contributed by atoms with van der Waals surface area (Å²) in [5.41, 5.74) is -0.587.